The Balaban J connectivity index is 1.91. The third kappa shape index (κ3) is 4.88. The van der Waals surface area contributed by atoms with Gasteiger partial charge in [0.15, 0.2) is 0 Å². The van der Waals surface area contributed by atoms with E-state index in [1.165, 1.54) is 24.1 Å². The number of halogens is 1. The van der Waals surface area contributed by atoms with Crippen LogP contribution in [0.1, 0.15) is 15.9 Å². The number of urea groups is 1. The molecule has 8 heteroatoms. The Kier molecular flexibility index (Phi) is 6.89. The second-order valence-electron chi connectivity index (χ2n) is 7.16. The Bertz CT molecular complexity index is 913. The summed E-state index contributed by atoms with van der Waals surface area (Å²) in [7, 11) is 4.81. The predicted octanol–water partition coefficient (Wildman–Crippen LogP) is 2.99. The van der Waals surface area contributed by atoms with Crippen LogP contribution in [0.3, 0.4) is 0 Å². The molecule has 3 rings (SSSR count). The lowest BCUT2D eigenvalue weighted by Gasteiger charge is -2.36. The molecule has 160 valence electrons. The van der Waals surface area contributed by atoms with Crippen LogP contribution < -0.4 is 9.64 Å². The van der Waals surface area contributed by atoms with Crippen molar-refractivity contribution >= 4 is 17.7 Å². The average Bonchev–Trinajstić information content (AvgIpc) is 2.77. The van der Waals surface area contributed by atoms with Gasteiger partial charge in [0.25, 0.3) is 0 Å². The van der Waals surface area contributed by atoms with Gasteiger partial charge >= 0.3 is 12.0 Å². The third-order valence-electron chi connectivity index (χ3n) is 5.17. The van der Waals surface area contributed by atoms with Gasteiger partial charge in [0.1, 0.15) is 11.6 Å². The molecule has 0 atom stereocenters. The number of likely N-dealkylation sites (N-methyl/N-ethyl adjacent to an activating group) is 1. The van der Waals surface area contributed by atoms with Gasteiger partial charge in [-0.1, -0.05) is 12.1 Å². The highest BCUT2D eigenvalue weighted by atomic mass is 19.1. The second kappa shape index (κ2) is 9.58. The lowest BCUT2D eigenvalue weighted by molar-refractivity contribution is 0.0600. The molecule has 0 unspecified atom stereocenters. The number of carbonyl (C=O) groups is 2. The highest BCUT2D eigenvalue weighted by Gasteiger charge is 2.26. The summed E-state index contributed by atoms with van der Waals surface area (Å²) in [4.78, 5) is 30.4. The molecule has 2 amide bonds. The fourth-order valence-corrected chi connectivity index (χ4v) is 3.31. The number of amides is 2. The molecule has 2 aromatic rings. The number of nitrogens with zero attached hydrogens (tertiary/aromatic N) is 3. The Morgan fingerprint density at radius 2 is 1.80 bits per heavy atom. The number of piperazine rings is 1. The minimum absolute atomic E-state index is 0.0195. The summed E-state index contributed by atoms with van der Waals surface area (Å²) in [5.41, 5.74) is 1.03. The molecule has 1 aliphatic rings. The molecule has 0 spiro atoms. The Labute approximate surface area is 175 Å². The van der Waals surface area contributed by atoms with Gasteiger partial charge in [-0.3, -0.25) is 4.90 Å². The highest BCUT2D eigenvalue weighted by molar-refractivity contribution is 5.92. The fourth-order valence-electron chi connectivity index (χ4n) is 3.31. The molecule has 30 heavy (non-hydrogen) atoms. The Hall–Kier alpha value is -3.13. The summed E-state index contributed by atoms with van der Waals surface area (Å²) < 4.78 is 24.7. The third-order valence-corrected chi connectivity index (χ3v) is 5.17. The number of ether oxygens (including phenoxy) is 2. The van der Waals surface area contributed by atoms with Crippen LogP contribution in [0.4, 0.5) is 14.9 Å². The largest absolute Gasteiger partial charge is 0.497 e. The minimum Gasteiger partial charge on any atom is -0.497 e. The van der Waals surface area contributed by atoms with E-state index in [0.29, 0.717) is 30.1 Å². The maximum Gasteiger partial charge on any atom is 0.337 e. The zero-order chi connectivity index (χ0) is 21.7. The summed E-state index contributed by atoms with van der Waals surface area (Å²) in [5.74, 6) is -0.583. The summed E-state index contributed by atoms with van der Waals surface area (Å²) in [5, 5.41) is 0. The van der Waals surface area contributed by atoms with E-state index >= 15 is 0 Å². The standard InChI is InChI=1S/C22H26FN3O4/c1-24-9-11-25(12-10-24)22(28)26(18-5-4-6-19(14-18)29-2)15-17-8-7-16(13-20(17)23)21(27)30-3/h4-8,13-14H,9-12,15H2,1-3H3. The molecule has 0 aliphatic carbocycles. The molecule has 2 aromatic carbocycles. The monoisotopic (exact) mass is 415 g/mol. The van der Waals surface area contributed by atoms with Crippen molar-refractivity contribution in [2.24, 2.45) is 0 Å². The highest BCUT2D eigenvalue weighted by Crippen LogP contribution is 2.25. The predicted molar refractivity (Wildman–Crippen MR) is 111 cm³/mol. The van der Waals surface area contributed by atoms with E-state index in [4.69, 9.17) is 4.74 Å². The molecule has 0 radical (unpaired) electrons. The Morgan fingerprint density at radius 1 is 1.07 bits per heavy atom. The smallest absolute Gasteiger partial charge is 0.337 e. The van der Waals surface area contributed by atoms with E-state index in [0.717, 1.165) is 19.2 Å². The number of carbonyl (C=O) groups excluding carboxylic acids is 2. The summed E-state index contributed by atoms with van der Waals surface area (Å²) in [6.45, 7) is 2.77. The van der Waals surface area contributed by atoms with Crippen LogP contribution in [0, 0.1) is 5.82 Å². The average molecular weight is 415 g/mol. The molecule has 7 nitrogen and oxygen atoms in total. The number of methoxy groups -OCH3 is 2. The molecular weight excluding hydrogens is 389 g/mol. The number of hydrogen-bond acceptors (Lipinski definition) is 5. The van der Waals surface area contributed by atoms with Crippen molar-refractivity contribution in [2.45, 2.75) is 6.54 Å². The van der Waals surface area contributed by atoms with Crippen molar-refractivity contribution in [3.63, 3.8) is 0 Å². The van der Waals surface area contributed by atoms with Crippen LogP contribution in [0.15, 0.2) is 42.5 Å². The lowest BCUT2D eigenvalue weighted by atomic mass is 10.1. The lowest BCUT2D eigenvalue weighted by Crippen LogP contribution is -2.52. The summed E-state index contributed by atoms with van der Waals surface area (Å²) in [6, 6.07) is 11.0. The molecule has 0 saturated carbocycles. The van der Waals surface area contributed by atoms with E-state index in [1.807, 2.05) is 7.05 Å². The van der Waals surface area contributed by atoms with E-state index in [9.17, 15) is 14.0 Å². The number of anilines is 1. The molecule has 0 N–H and O–H groups in total. The zero-order valence-corrected chi connectivity index (χ0v) is 17.4. The zero-order valence-electron chi connectivity index (χ0n) is 17.4. The van der Waals surface area contributed by atoms with E-state index in [2.05, 4.69) is 9.64 Å². The van der Waals surface area contributed by atoms with Gasteiger partial charge in [-0.05, 0) is 31.3 Å². The minimum atomic E-state index is -0.612. The van der Waals surface area contributed by atoms with Gasteiger partial charge in [0, 0.05) is 43.5 Å². The summed E-state index contributed by atoms with van der Waals surface area (Å²) >= 11 is 0. The van der Waals surface area contributed by atoms with Crippen LogP contribution in [0.5, 0.6) is 5.75 Å². The van der Waals surface area contributed by atoms with E-state index < -0.39 is 11.8 Å². The molecule has 1 saturated heterocycles. The normalized spacial score (nSPS) is 14.3. The van der Waals surface area contributed by atoms with Crippen molar-refractivity contribution in [3.05, 3.63) is 59.4 Å². The van der Waals surface area contributed by atoms with Crippen LogP contribution >= 0.6 is 0 Å². The molecule has 0 aromatic heterocycles. The van der Waals surface area contributed by atoms with Crippen LogP contribution in [-0.4, -0.2) is 69.2 Å². The summed E-state index contributed by atoms with van der Waals surface area (Å²) in [6.07, 6.45) is 0. The van der Waals surface area contributed by atoms with Gasteiger partial charge in [-0.25, -0.2) is 14.0 Å². The second-order valence-corrected chi connectivity index (χ2v) is 7.16. The maximum absolute atomic E-state index is 14.7. The maximum atomic E-state index is 14.7. The van der Waals surface area contributed by atoms with Gasteiger partial charge in [-0.2, -0.15) is 0 Å². The number of benzene rings is 2. The van der Waals surface area contributed by atoms with Gasteiger partial charge in [-0.15, -0.1) is 0 Å². The van der Waals surface area contributed by atoms with Gasteiger partial charge < -0.3 is 19.3 Å². The molecular formula is C22H26FN3O4. The van der Waals surface area contributed by atoms with Crippen molar-refractivity contribution < 1.29 is 23.5 Å². The van der Waals surface area contributed by atoms with Gasteiger partial charge in [0.2, 0.25) is 0 Å². The van der Waals surface area contributed by atoms with Crippen LogP contribution in [0.25, 0.3) is 0 Å². The topological polar surface area (TPSA) is 62.3 Å². The molecule has 0 bridgehead atoms. The number of hydrogen-bond donors (Lipinski definition) is 0. The first kappa shape index (κ1) is 21.6. The number of esters is 1. The van der Waals surface area contributed by atoms with Crippen molar-refractivity contribution in [1.82, 2.24) is 9.80 Å². The van der Waals surface area contributed by atoms with Crippen LogP contribution in [-0.2, 0) is 11.3 Å². The molecule has 1 aliphatic heterocycles. The SMILES string of the molecule is COC(=O)c1ccc(CN(C(=O)N2CCN(C)CC2)c2cccc(OC)c2)c(F)c1. The van der Waals surface area contributed by atoms with E-state index in [1.54, 1.807) is 36.3 Å². The first-order chi connectivity index (χ1) is 14.4. The van der Waals surface area contributed by atoms with Crippen molar-refractivity contribution in [1.29, 1.82) is 0 Å². The van der Waals surface area contributed by atoms with Crippen molar-refractivity contribution in [3.8, 4) is 5.75 Å². The van der Waals surface area contributed by atoms with E-state index in [-0.39, 0.29) is 18.1 Å². The van der Waals surface area contributed by atoms with Gasteiger partial charge in [0.05, 0.1) is 26.3 Å². The Morgan fingerprint density at radius 3 is 2.43 bits per heavy atom. The fraction of sp³-hybridized carbons (Fsp3) is 0.364. The first-order valence-electron chi connectivity index (χ1n) is 9.68. The first-order valence-corrected chi connectivity index (χ1v) is 9.68. The molecule has 1 fully saturated rings. The quantitative estimate of drug-likeness (QED) is 0.703. The number of rotatable bonds is 5. The molecule has 1 heterocycles. The van der Waals surface area contributed by atoms with Crippen molar-refractivity contribution in [2.75, 3.05) is 52.3 Å². The van der Waals surface area contributed by atoms with Crippen LogP contribution in [0.2, 0.25) is 0 Å².